The molecule has 0 amide bonds. The molecule has 0 radical (unpaired) electrons. The number of nitrogens with one attached hydrogen (secondary N) is 1. The predicted molar refractivity (Wildman–Crippen MR) is 74.4 cm³/mol. The standard InChI is InChI=1S/C16H22F3N/c1-3-15(10-6-7-11-15)14(20-2)12-8-4-5-9-13(12)16(17,18)19/h4-5,8-9,14,20H,3,6-7,10-11H2,1-2H3. The summed E-state index contributed by atoms with van der Waals surface area (Å²) in [6, 6.07) is 5.75. The quantitative estimate of drug-likeness (QED) is 0.826. The monoisotopic (exact) mass is 285 g/mol. The summed E-state index contributed by atoms with van der Waals surface area (Å²) in [5.74, 6) is 0. The van der Waals surface area contributed by atoms with E-state index in [1.54, 1.807) is 19.2 Å². The van der Waals surface area contributed by atoms with Gasteiger partial charge >= 0.3 is 6.18 Å². The number of halogens is 3. The van der Waals surface area contributed by atoms with E-state index in [9.17, 15) is 13.2 Å². The largest absolute Gasteiger partial charge is 0.416 e. The maximum absolute atomic E-state index is 13.2. The van der Waals surface area contributed by atoms with Crippen LogP contribution >= 0.6 is 0 Å². The van der Waals surface area contributed by atoms with Gasteiger partial charge in [-0.05, 0) is 43.4 Å². The van der Waals surface area contributed by atoms with Gasteiger partial charge in [-0.15, -0.1) is 0 Å². The third-order valence-electron chi connectivity index (χ3n) is 4.78. The van der Waals surface area contributed by atoms with Crippen LogP contribution in [0.4, 0.5) is 13.2 Å². The molecule has 0 heterocycles. The first kappa shape index (κ1) is 15.4. The summed E-state index contributed by atoms with van der Waals surface area (Å²) in [6.45, 7) is 2.09. The van der Waals surface area contributed by atoms with Crippen LogP contribution in [0, 0.1) is 5.41 Å². The molecule has 2 rings (SSSR count). The van der Waals surface area contributed by atoms with Gasteiger partial charge in [0, 0.05) is 6.04 Å². The van der Waals surface area contributed by atoms with Crippen LogP contribution in [0.25, 0.3) is 0 Å². The number of hydrogen-bond acceptors (Lipinski definition) is 1. The molecule has 0 saturated heterocycles. The maximum Gasteiger partial charge on any atom is 0.416 e. The Labute approximate surface area is 118 Å². The lowest BCUT2D eigenvalue weighted by atomic mass is 9.72. The van der Waals surface area contributed by atoms with Gasteiger partial charge in [-0.2, -0.15) is 13.2 Å². The molecule has 0 bridgehead atoms. The van der Waals surface area contributed by atoms with Crippen molar-refractivity contribution in [1.82, 2.24) is 5.32 Å². The summed E-state index contributed by atoms with van der Waals surface area (Å²) in [5.41, 5.74) is -0.152. The zero-order chi connectivity index (χ0) is 14.8. The van der Waals surface area contributed by atoms with Gasteiger partial charge in [0.2, 0.25) is 0 Å². The van der Waals surface area contributed by atoms with Gasteiger partial charge in [0.05, 0.1) is 5.56 Å². The van der Waals surface area contributed by atoms with Gasteiger partial charge in [0.15, 0.2) is 0 Å². The van der Waals surface area contributed by atoms with Crippen LogP contribution < -0.4 is 5.32 Å². The van der Waals surface area contributed by atoms with Gasteiger partial charge in [-0.1, -0.05) is 38.0 Å². The van der Waals surface area contributed by atoms with E-state index in [1.807, 2.05) is 0 Å². The molecule has 1 nitrogen and oxygen atoms in total. The third kappa shape index (κ3) is 2.71. The van der Waals surface area contributed by atoms with Crippen molar-refractivity contribution >= 4 is 0 Å². The second kappa shape index (κ2) is 5.76. The van der Waals surface area contributed by atoms with E-state index in [4.69, 9.17) is 0 Å². The van der Waals surface area contributed by atoms with Crippen molar-refractivity contribution in [3.8, 4) is 0 Å². The average Bonchev–Trinajstić information content (AvgIpc) is 2.89. The number of hydrogen-bond donors (Lipinski definition) is 1. The highest BCUT2D eigenvalue weighted by Crippen LogP contribution is 2.51. The fourth-order valence-electron chi connectivity index (χ4n) is 3.72. The number of benzene rings is 1. The Kier molecular flexibility index (Phi) is 4.43. The highest BCUT2D eigenvalue weighted by atomic mass is 19.4. The van der Waals surface area contributed by atoms with Crippen molar-refractivity contribution in [2.75, 3.05) is 7.05 Å². The van der Waals surface area contributed by atoms with Gasteiger partial charge in [-0.3, -0.25) is 0 Å². The molecule has 1 aliphatic rings. The second-order valence-corrected chi connectivity index (χ2v) is 5.73. The molecule has 1 atom stereocenters. The zero-order valence-electron chi connectivity index (χ0n) is 12.1. The first-order valence-electron chi connectivity index (χ1n) is 7.28. The van der Waals surface area contributed by atoms with Crippen LogP contribution in [0.5, 0.6) is 0 Å². The lowest BCUT2D eigenvalue weighted by Crippen LogP contribution is -2.35. The smallest absolute Gasteiger partial charge is 0.313 e. The molecule has 0 spiro atoms. The van der Waals surface area contributed by atoms with Crippen LogP contribution in [0.2, 0.25) is 0 Å². The van der Waals surface area contributed by atoms with Crippen molar-refractivity contribution in [1.29, 1.82) is 0 Å². The number of rotatable bonds is 4. The van der Waals surface area contributed by atoms with E-state index >= 15 is 0 Å². The van der Waals surface area contributed by atoms with E-state index in [1.165, 1.54) is 12.1 Å². The van der Waals surface area contributed by atoms with Crippen LogP contribution in [0.1, 0.15) is 56.2 Å². The summed E-state index contributed by atoms with van der Waals surface area (Å²) in [6.07, 6.45) is 0.840. The van der Waals surface area contributed by atoms with Crippen molar-refractivity contribution in [2.24, 2.45) is 5.41 Å². The summed E-state index contributed by atoms with van der Waals surface area (Å²) in [4.78, 5) is 0. The predicted octanol–water partition coefficient (Wildman–Crippen LogP) is 4.94. The summed E-state index contributed by atoms with van der Waals surface area (Å²) in [5, 5.41) is 3.16. The van der Waals surface area contributed by atoms with E-state index in [0.29, 0.717) is 5.56 Å². The minimum Gasteiger partial charge on any atom is -0.313 e. The SMILES string of the molecule is CCC1(C(NC)c2ccccc2C(F)(F)F)CCCC1. The van der Waals surface area contributed by atoms with Gasteiger partial charge in [0.1, 0.15) is 0 Å². The first-order valence-corrected chi connectivity index (χ1v) is 7.28. The molecule has 0 aliphatic heterocycles. The first-order chi connectivity index (χ1) is 9.44. The van der Waals surface area contributed by atoms with Gasteiger partial charge in [0.25, 0.3) is 0 Å². The zero-order valence-corrected chi connectivity index (χ0v) is 12.1. The highest BCUT2D eigenvalue weighted by Gasteiger charge is 2.43. The van der Waals surface area contributed by atoms with Crippen molar-refractivity contribution in [2.45, 2.75) is 51.2 Å². The van der Waals surface area contributed by atoms with E-state index in [2.05, 4.69) is 12.2 Å². The van der Waals surface area contributed by atoms with E-state index in [0.717, 1.165) is 32.1 Å². The second-order valence-electron chi connectivity index (χ2n) is 5.73. The lowest BCUT2D eigenvalue weighted by molar-refractivity contribution is -0.138. The molecule has 1 N–H and O–H groups in total. The Morgan fingerprint density at radius 3 is 2.30 bits per heavy atom. The van der Waals surface area contributed by atoms with E-state index in [-0.39, 0.29) is 11.5 Å². The van der Waals surface area contributed by atoms with Crippen molar-refractivity contribution in [3.05, 3.63) is 35.4 Å². The Balaban J connectivity index is 2.47. The molecule has 112 valence electrons. The summed E-state index contributed by atoms with van der Waals surface area (Å²) < 4.78 is 39.7. The third-order valence-corrected chi connectivity index (χ3v) is 4.78. The molecule has 1 unspecified atom stereocenters. The van der Waals surface area contributed by atoms with Gasteiger partial charge in [-0.25, -0.2) is 0 Å². The molecular formula is C16H22F3N. The highest BCUT2D eigenvalue weighted by molar-refractivity contribution is 5.34. The molecule has 1 aliphatic carbocycles. The minimum absolute atomic E-state index is 0.0455. The fraction of sp³-hybridized carbons (Fsp3) is 0.625. The minimum atomic E-state index is -4.29. The Morgan fingerprint density at radius 1 is 1.20 bits per heavy atom. The van der Waals surface area contributed by atoms with E-state index < -0.39 is 11.7 Å². The molecule has 1 aromatic rings. The molecule has 0 aromatic heterocycles. The van der Waals surface area contributed by atoms with Crippen LogP contribution in [0.15, 0.2) is 24.3 Å². The van der Waals surface area contributed by atoms with Crippen LogP contribution in [-0.4, -0.2) is 7.05 Å². The molecule has 4 heteroatoms. The molecule has 20 heavy (non-hydrogen) atoms. The Hall–Kier alpha value is -1.03. The average molecular weight is 285 g/mol. The fourth-order valence-corrected chi connectivity index (χ4v) is 3.72. The van der Waals surface area contributed by atoms with Crippen molar-refractivity contribution < 1.29 is 13.2 Å². The molecular weight excluding hydrogens is 263 g/mol. The van der Waals surface area contributed by atoms with Crippen LogP contribution in [0.3, 0.4) is 0 Å². The topological polar surface area (TPSA) is 12.0 Å². The molecule has 1 aromatic carbocycles. The molecule has 1 fully saturated rings. The normalized spacial score (nSPS) is 20.1. The lowest BCUT2D eigenvalue weighted by Gasteiger charge is -2.38. The number of alkyl halides is 3. The maximum atomic E-state index is 13.2. The summed E-state index contributed by atoms with van der Waals surface area (Å²) >= 11 is 0. The van der Waals surface area contributed by atoms with Crippen molar-refractivity contribution in [3.63, 3.8) is 0 Å². The van der Waals surface area contributed by atoms with Gasteiger partial charge < -0.3 is 5.32 Å². The summed E-state index contributed by atoms with van der Waals surface area (Å²) in [7, 11) is 1.77. The Bertz CT molecular complexity index is 447. The van der Waals surface area contributed by atoms with Crippen LogP contribution in [-0.2, 0) is 6.18 Å². The Morgan fingerprint density at radius 2 is 1.80 bits per heavy atom. The molecule has 1 saturated carbocycles.